The lowest BCUT2D eigenvalue weighted by Crippen LogP contribution is -2.40. The van der Waals surface area contributed by atoms with E-state index in [9.17, 15) is 21.6 Å². The van der Waals surface area contributed by atoms with E-state index in [0.29, 0.717) is 30.3 Å². The maximum atomic E-state index is 12.8. The van der Waals surface area contributed by atoms with Crippen LogP contribution in [-0.2, 0) is 24.7 Å². The van der Waals surface area contributed by atoms with Crippen LogP contribution in [-0.4, -0.2) is 77.5 Å². The molecule has 1 aliphatic heterocycles. The van der Waals surface area contributed by atoms with Crippen LogP contribution in [0.4, 0.5) is 0 Å². The number of thioether (sulfide) groups is 1. The molecule has 0 spiro atoms. The van der Waals surface area contributed by atoms with Crippen molar-refractivity contribution in [2.45, 2.75) is 48.5 Å². The summed E-state index contributed by atoms with van der Waals surface area (Å²) in [5, 5.41) is 10.7. The Kier molecular flexibility index (Phi) is 6.75. The molecule has 10 nitrogen and oxygen atoms in total. The van der Waals surface area contributed by atoms with Crippen LogP contribution in [0.3, 0.4) is 0 Å². The van der Waals surface area contributed by atoms with Gasteiger partial charge in [0.1, 0.15) is 0 Å². The van der Waals surface area contributed by atoms with Gasteiger partial charge in [0.15, 0.2) is 20.6 Å². The zero-order valence-electron chi connectivity index (χ0n) is 17.0. The number of pyridine rings is 1. The van der Waals surface area contributed by atoms with Crippen LogP contribution in [0.15, 0.2) is 28.4 Å². The van der Waals surface area contributed by atoms with Crippen molar-refractivity contribution in [3.05, 3.63) is 18.3 Å². The molecule has 1 saturated heterocycles. The fraction of sp³-hybridized carbons (Fsp3) is 0.588. The van der Waals surface area contributed by atoms with Crippen LogP contribution in [0.2, 0.25) is 0 Å². The largest absolute Gasteiger partial charge is 0.351 e. The zero-order valence-corrected chi connectivity index (χ0v) is 19.4. The lowest BCUT2D eigenvalue weighted by molar-refractivity contribution is -0.120. The van der Waals surface area contributed by atoms with Gasteiger partial charge >= 0.3 is 0 Å². The number of hydrogen-bond donors (Lipinski definition) is 1. The van der Waals surface area contributed by atoms with Crippen molar-refractivity contribution in [1.29, 1.82) is 0 Å². The molecule has 0 radical (unpaired) electrons. The van der Waals surface area contributed by atoms with E-state index in [1.54, 1.807) is 31.2 Å². The first-order valence-corrected chi connectivity index (χ1v) is 13.7. The number of sulfone groups is 1. The molecule has 3 heterocycles. The van der Waals surface area contributed by atoms with Crippen LogP contribution in [0.5, 0.6) is 0 Å². The highest BCUT2D eigenvalue weighted by Crippen LogP contribution is 2.25. The summed E-state index contributed by atoms with van der Waals surface area (Å²) < 4.78 is 51.6. The van der Waals surface area contributed by atoms with Crippen molar-refractivity contribution in [3.63, 3.8) is 0 Å². The smallest absolute Gasteiger partial charge is 0.244 e. The average Bonchev–Trinajstić information content (AvgIpc) is 3.24. The molecule has 2 aromatic rings. The Labute approximate surface area is 180 Å². The highest BCUT2D eigenvalue weighted by Gasteiger charge is 2.30. The summed E-state index contributed by atoms with van der Waals surface area (Å²) in [5.41, 5.74) is 0.463. The van der Waals surface area contributed by atoms with Gasteiger partial charge in [0, 0.05) is 25.3 Å². The lowest BCUT2D eigenvalue weighted by atomic mass is 10.2. The number of carbonyl (C=O) groups is 1. The molecule has 13 heteroatoms. The highest BCUT2D eigenvalue weighted by molar-refractivity contribution is 8.00. The van der Waals surface area contributed by atoms with Gasteiger partial charge in [0.2, 0.25) is 15.9 Å². The summed E-state index contributed by atoms with van der Waals surface area (Å²) in [7, 11) is -6.73. The first-order chi connectivity index (χ1) is 14.1. The number of fused-ring (bicyclic) bond motifs is 1. The molecular weight excluding hydrogens is 450 g/mol. The maximum Gasteiger partial charge on any atom is 0.244 e. The van der Waals surface area contributed by atoms with Crippen molar-refractivity contribution in [3.8, 4) is 0 Å². The average molecular weight is 476 g/mol. The predicted octanol–water partition coefficient (Wildman–Crippen LogP) is 0.544. The molecule has 1 N–H and O–H groups in total. The van der Waals surface area contributed by atoms with Gasteiger partial charge < -0.3 is 5.32 Å². The minimum Gasteiger partial charge on any atom is -0.351 e. The molecule has 0 aromatic carbocycles. The second-order valence-corrected chi connectivity index (χ2v) is 12.5. The van der Waals surface area contributed by atoms with Gasteiger partial charge in [-0.3, -0.25) is 9.20 Å². The Balaban J connectivity index is 1.78. The fourth-order valence-corrected chi connectivity index (χ4v) is 7.20. The molecule has 1 amide bonds. The predicted molar refractivity (Wildman–Crippen MR) is 114 cm³/mol. The van der Waals surface area contributed by atoms with Crippen molar-refractivity contribution in [2.75, 3.05) is 24.6 Å². The van der Waals surface area contributed by atoms with Crippen LogP contribution < -0.4 is 5.32 Å². The summed E-state index contributed by atoms with van der Waals surface area (Å²) >= 11 is 1.13. The standard InChI is InChI=1S/C17H25N5O5S3/c1-4-21(5-2)30(26,27)14-6-7-15-19-20-17(22(15)10-14)28-12(3)16(23)18-13-8-9-29(24,25)11-13/h6-7,10,12-13H,4-5,8-9,11H2,1-3H3,(H,18,23)/t12-,13+/m1/s1. The molecule has 0 aliphatic carbocycles. The third-order valence-electron chi connectivity index (χ3n) is 4.92. The van der Waals surface area contributed by atoms with Gasteiger partial charge in [0.25, 0.3) is 0 Å². The van der Waals surface area contributed by atoms with Crippen molar-refractivity contribution in [1.82, 2.24) is 24.2 Å². The van der Waals surface area contributed by atoms with Crippen LogP contribution in [0, 0.1) is 0 Å². The quantitative estimate of drug-likeness (QED) is 0.548. The van der Waals surface area contributed by atoms with Crippen molar-refractivity contribution < 1.29 is 21.6 Å². The molecule has 1 aliphatic rings. The van der Waals surface area contributed by atoms with Crippen LogP contribution in [0.25, 0.3) is 5.65 Å². The topological polar surface area (TPSA) is 131 Å². The minimum absolute atomic E-state index is 0.0451. The Morgan fingerprint density at radius 1 is 1.33 bits per heavy atom. The molecule has 2 atom stereocenters. The van der Waals surface area contributed by atoms with Gasteiger partial charge in [-0.05, 0) is 25.5 Å². The van der Waals surface area contributed by atoms with E-state index in [1.165, 1.54) is 16.6 Å². The summed E-state index contributed by atoms with van der Waals surface area (Å²) in [5.74, 6) is -0.264. The molecule has 30 heavy (non-hydrogen) atoms. The number of rotatable bonds is 8. The van der Waals surface area contributed by atoms with E-state index < -0.39 is 25.1 Å². The van der Waals surface area contributed by atoms with Crippen molar-refractivity contribution in [2.24, 2.45) is 0 Å². The molecule has 0 unspecified atom stereocenters. The number of hydrogen-bond acceptors (Lipinski definition) is 8. The zero-order chi connectivity index (χ0) is 22.1. The van der Waals surface area contributed by atoms with Gasteiger partial charge in [-0.2, -0.15) is 4.31 Å². The third kappa shape index (κ3) is 4.79. The van der Waals surface area contributed by atoms with Gasteiger partial charge in [-0.15, -0.1) is 10.2 Å². The van der Waals surface area contributed by atoms with E-state index in [4.69, 9.17) is 0 Å². The second kappa shape index (κ2) is 8.81. The van der Waals surface area contributed by atoms with Gasteiger partial charge in [-0.1, -0.05) is 25.6 Å². The Morgan fingerprint density at radius 3 is 2.63 bits per heavy atom. The van der Waals surface area contributed by atoms with Crippen LogP contribution in [0.1, 0.15) is 27.2 Å². The van der Waals surface area contributed by atoms with E-state index in [1.807, 2.05) is 0 Å². The number of nitrogens with zero attached hydrogens (tertiary/aromatic N) is 4. The molecule has 2 aromatic heterocycles. The third-order valence-corrected chi connectivity index (χ3v) is 9.78. The fourth-order valence-electron chi connectivity index (χ4n) is 3.23. The normalized spacial score (nSPS) is 19.9. The van der Waals surface area contributed by atoms with E-state index >= 15 is 0 Å². The summed E-state index contributed by atoms with van der Waals surface area (Å²) in [6.07, 6.45) is 1.87. The molecule has 1 fully saturated rings. The first-order valence-electron chi connectivity index (χ1n) is 9.59. The number of nitrogens with one attached hydrogen (secondary N) is 1. The first kappa shape index (κ1) is 23.0. The van der Waals surface area contributed by atoms with E-state index in [0.717, 1.165) is 11.8 Å². The summed E-state index contributed by atoms with van der Waals surface area (Å²) in [6.45, 7) is 5.94. The number of aromatic nitrogens is 3. The molecular formula is C17H25N5O5S3. The van der Waals surface area contributed by atoms with Crippen LogP contribution >= 0.6 is 11.8 Å². The molecule has 3 rings (SSSR count). The van der Waals surface area contributed by atoms with Crippen molar-refractivity contribution >= 4 is 43.2 Å². The summed E-state index contributed by atoms with van der Waals surface area (Å²) in [6, 6.07) is 2.68. The minimum atomic E-state index is -3.65. The Bertz CT molecular complexity index is 1140. The highest BCUT2D eigenvalue weighted by atomic mass is 32.2. The Hall–Kier alpha value is -1.70. The lowest BCUT2D eigenvalue weighted by Gasteiger charge is -2.18. The second-order valence-electron chi connectivity index (χ2n) is 7.03. The number of sulfonamides is 1. The number of amides is 1. The summed E-state index contributed by atoms with van der Waals surface area (Å²) in [4.78, 5) is 12.6. The SMILES string of the molecule is CCN(CC)S(=O)(=O)c1ccc2nnc(S[C@H](C)C(=O)N[C@H]3CCS(=O)(=O)C3)n2c1. The maximum absolute atomic E-state index is 12.8. The molecule has 0 bridgehead atoms. The monoisotopic (exact) mass is 475 g/mol. The van der Waals surface area contributed by atoms with E-state index in [-0.39, 0.29) is 28.4 Å². The Morgan fingerprint density at radius 2 is 2.03 bits per heavy atom. The van der Waals surface area contributed by atoms with Gasteiger partial charge in [0.05, 0.1) is 21.7 Å². The molecule has 166 valence electrons. The molecule has 0 saturated carbocycles. The number of carbonyl (C=O) groups excluding carboxylic acids is 1. The van der Waals surface area contributed by atoms with E-state index in [2.05, 4.69) is 15.5 Å². The van der Waals surface area contributed by atoms with Gasteiger partial charge in [-0.25, -0.2) is 16.8 Å².